The fraction of sp³-hybridized carbons (Fsp3) is 0.385. The van der Waals surface area contributed by atoms with Gasteiger partial charge in [0.05, 0.1) is 40.5 Å². The van der Waals surface area contributed by atoms with Gasteiger partial charge in [0, 0.05) is 12.5 Å². The molecule has 0 saturated carbocycles. The molecule has 1 saturated heterocycles. The highest BCUT2D eigenvalue weighted by molar-refractivity contribution is 6.42. The Balaban J connectivity index is 1.67. The number of hydrogen-bond donors (Lipinski definition) is 1. The molecule has 7 heteroatoms. The molecule has 0 radical (unpaired) electrons. The van der Waals surface area contributed by atoms with Crippen molar-refractivity contribution in [2.75, 3.05) is 25.3 Å². The third-order valence-corrected chi connectivity index (χ3v) is 3.83. The predicted octanol–water partition coefficient (Wildman–Crippen LogP) is 3.32. The quantitative estimate of drug-likeness (QED) is 0.877. The van der Waals surface area contributed by atoms with Crippen LogP contribution in [0.2, 0.25) is 10.0 Å². The molecule has 20 heavy (non-hydrogen) atoms. The Morgan fingerprint density at radius 1 is 1.30 bits per heavy atom. The SMILES string of the molecule is Clc1cc2ncc(NOCC3CCOC3)nc2cc1Cl. The van der Waals surface area contributed by atoms with E-state index in [1.54, 1.807) is 18.3 Å². The van der Waals surface area contributed by atoms with Crippen LogP contribution in [0.1, 0.15) is 6.42 Å². The van der Waals surface area contributed by atoms with E-state index < -0.39 is 0 Å². The van der Waals surface area contributed by atoms with Gasteiger partial charge in [-0.25, -0.2) is 10.5 Å². The Morgan fingerprint density at radius 3 is 2.85 bits per heavy atom. The van der Waals surface area contributed by atoms with E-state index in [1.807, 2.05) is 0 Å². The maximum atomic E-state index is 5.97. The molecule has 0 bridgehead atoms. The summed E-state index contributed by atoms with van der Waals surface area (Å²) in [6, 6.07) is 3.37. The standard InChI is InChI=1S/C13H13Cl2N3O2/c14-9-3-11-12(4-10(9)15)17-13(5-16-11)18-20-7-8-1-2-19-6-8/h3-5,8H,1-2,6-7H2,(H,17,18). The summed E-state index contributed by atoms with van der Waals surface area (Å²) >= 11 is 11.9. The molecule has 106 valence electrons. The van der Waals surface area contributed by atoms with Crippen LogP contribution in [0.5, 0.6) is 0 Å². The minimum absolute atomic E-state index is 0.434. The van der Waals surface area contributed by atoms with Crippen LogP contribution in [0.15, 0.2) is 18.3 Å². The summed E-state index contributed by atoms with van der Waals surface area (Å²) in [5, 5.41) is 0.918. The lowest BCUT2D eigenvalue weighted by molar-refractivity contribution is 0.126. The zero-order valence-electron chi connectivity index (χ0n) is 10.6. The van der Waals surface area contributed by atoms with E-state index in [9.17, 15) is 0 Å². The average molecular weight is 314 g/mol. The van der Waals surface area contributed by atoms with Crippen LogP contribution in [0.4, 0.5) is 5.82 Å². The number of rotatable bonds is 4. The molecule has 1 aliphatic rings. The maximum Gasteiger partial charge on any atom is 0.169 e. The second kappa shape index (κ2) is 6.10. The Labute approximate surface area is 126 Å². The van der Waals surface area contributed by atoms with Gasteiger partial charge in [0.25, 0.3) is 0 Å². The van der Waals surface area contributed by atoms with Gasteiger partial charge in [0.1, 0.15) is 0 Å². The van der Waals surface area contributed by atoms with Gasteiger partial charge < -0.3 is 4.74 Å². The zero-order chi connectivity index (χ0) is 13.9. The van der Waals surface area contributed by atoms with Gasteiger partial charge in [-0.15, -0.1) is 0 Å². The maximum absolute atomic E-state index is 5.97. The Morgan fingerprint density at radius 2 is 2.10 bits per heavy atom. The molecule has 0 aliphatic carbocycles. The van der Waals surface area contributed by atoms with E-state index in [0.29, 0.717) is 39.4 Å². The minimum atomic E-state index is 0.434. The molecule has 1 aliphatic heterocycles. The number of benzene rings is 1. The van der Waals surface area contributed by atoms with Crippen LogP contribution < -0.4 is 5.48 Å². The highest BCUT2D eigenvalue weighted by atomic mass is 35.5. The third-order valence-electron chi connectivity index (χ3n) is 3.10. The number of ether oxygens (including phenoxy) is 1. The second-order valence-corrected chi connectivity index (χ2v) is 5.47. The van der Waals surface area contributed by atoms with Crippen molar-refractivity contribution in [2.45, 2.75) is 6.42 Å². The number of nitrogens with zero attached hydrogens (tertiary/aromatic N) is 2. The molecular weight excluding hydrogens is 301 g/mol. The van der Waals surface area contributed by atoms with Crippen molar-refractivity contribution in [3.05, 3.63) is 28.4 Å². The summed E-state index contributed by atoms with van der Waals surface area (Å²) in [7, 11) is 0. The molecule has 3 rings (SSSR count). The molecule has 1 fully saturated rings. The molecule has 0 spiro atoms. The summed E-state index contributed by atoms with van der Waals surface area (Å²) in [4.78, 5) is 14.0. The van der Waals surface area contributed by atoms with Gasteiger partial charge in [-0.1, -0.05) is 23.2 Å². The molecule has 1 N–H and O–H groups in total. The lowest BCUT2D eigenvalue weighted by Crippen LogP contribution is -2.13. The lowest BCUT2D eigenvalue weighted by atomic mass is 10.1. The van der Waals surface area contributed by atoms with Gasteiger partial charge in [-0.05, 0) is 18.6 Å². The Bertz CT molecular complexity index is 618. The molecule has 5 nitrogen and oxygen atoms in total. The van der Waals surface area contributed by atoms with Crippen molar-refractivity contribution >= 4 is 40.1 Å². The van der Waals surface area contributed by atoms with E-state index in [-0.39, 0.29) is 0 Å². The first-order valence-corrected chi connectivity index (χ1v) is 7.05. The van der Waals surface area contributed by atoms with Crippen molar-refractivity contribution < 1.29 is 9.57 Å². The van der Waals surface area contributed by atoms with Crippen LogP contribution in [0, 0.1) is 5.92 Å². The predicted molar refractivity (Wildman–Crippen MR) is 78.1 cm³/mol. The number of aromatic nitrogens is 2. The van der Waals surface area contributed by atoms with Crippen molar-refractivity contribution in [1.82, 2.24) is 9.97 Å². The van der Waals surface area contributed by atoms with Crippen molar-refractivity contribution in [2.24, 2.45) is 5.92 Å². The van der Waals surface area contributed by atoms with E-state index in [1.165, 1.54) is 0 Å². The van der Waals surface area contributed by atoms with E-state index in [0.717, 1.165) is 19.6 Å². The Hall–Kier alpha value is -1.14. The molecule has 1 aromatic heterocycles. The largest absolute Gasteiger partial charge is 0.381 e. The molecule has 2 aromatic rings. The number of halogens is 2. The lowest BCUT2D eigenvalue weighted by Gasteiger charge is -2.10. The number of fused-ring (bicyclic) bond motifs is 1. The fourth-order valence-corrected chi connectivity index (χ4v) is 2.32. The first kappa shape index (κ1) is 13.8. The highest BCUT2D eigenvalue weighted by Crippen LogP contribution is 2.26. The van der Waals surface area contributed by atoms with Crippen LogP contribution in [0.3, 0.4) is 0 Å². The molecule has 0 amide bonds. The average Bonchev–Trinajstić information content (AvgIpc) is 2.93. The van der Waals surface area contributed by atoms with E-state index in [4.69, 9.17) is 32.8 Å². The molecule has 2 heterocycles. The van der Waals surface area contributed by atoms with Crippen molar-refractivity contribution in [3.63, 3.8) is 0 Å². The van der Waals surface area contributed by atoms with Gasteiger partial charge in [0.15, 0.2) is 5.82 Å². The summed E-state index contributed by atoms with van der Waals surface area (Å²) in [6.45, 7) is 2.14. The topological polar surface area (TPSA) is 56.3 Å². The first-order valence-electron chi connectivity index (χ1n) is 6.30. The van der Waals surface area contributed by atoms with Crippen LogP contribution in [-0.4, -0.2) is 29.8 Å². The third kappa shape index (κ3) is 3.12. The van der Waals surface area contributed by atoms with Gasteiger partial charge in [-0.3, -0.25) is 9.82 Å². The van der Waals surface area contributed by atoms with E-state index in [2.05, 4.69) is 15.4 Å². The second-order valence-electron chi connectivity index (χ2n) is 4.65. The summed E-state index contributed by atoms with van der Waals surface area (Å²) < 4.78 is 5.28. The van der Waals surface area contributed by atoms with Gasteiger partial charge >= 0.3 is 0 Å². The van der Waals surface area contributed by atoms with Gasteiger partial charge in [-0.2, -0.15) is 0 Å². The Kier molecular flexibility index (Phi) is 4.21. The summed E-state index contributed by atoms with van der Waals surface area (Å²) in [6.07, 6.45) is 2.62. The van der Waals surface area contributed by atoms with Crippen molar-refractivity contribution in [3.8, 4) is 0 Å². The minimum Gasteiger partial charge on any atom is -0.381 e. The fourth-order valence-electron chi connectivity index (χ4n) is 2.01. The zero-order valence-corrected chi connectivity index (χ0v) is 12.1. The number of nitrogens with one attached hydrogen (secondary N) is 1. The van der Waals surface area contributed by atoms with Crippen LogP contribution >= 0.6 is 23.2 Å². The van der Waals surface area contributed by atoms with Crippen molar-refractivity contribution in [1.29, 1.82) is 0 Å². The molecular formula is C13H13Cl2N3O2. The molecule has 1 atom stereocenters. The van der Waals surface area contributed by atoms with Crippen LogP contribution in [0.25, 0.3) is 11.0 Å². The summed E-state index contributed by atoms with van der Waals surface area (Å²) in [5.41, 5.74) is 4.15. The molecule has 1 unspecified atom stereocenters. The highest BCUT2D eigenvalue weighted by Gasteiger charge is 2.15. The number of anilines is 1. The summed E-state index contributed by atoms with van der Waals surface area (Å²) in [5.74, 6) is 0.971. The molecule has 1 aromatic carbocycles. The smallest absolute Gasteiger partial charge is 0.169 e. The van der Waals surface area contributed by atoms with Gasteiger partial charge in [0.2, 0.25) is 0 Å². The van der Waals surface area contributed by atoms with E-state index >= 15 is 0 Å². The normalized spacial score (nSPS) is 18.6. The first-order chi connectivity index (χ1) is 9.72. The number of hydrogen-bond acceptors (Lipinski definition) is 5. The monoisotopic (exact) mass is 313 g/mol. The van der Waals surface area contributed by atoms with Crippen LogP contribution in [-0.2, 0) is 9.57 Å².